The molecule has 2 aliphatic rings. The van der Waals surface area contributed by atoms with Crippen molar-refractivity contribution >= 4 is 16.8 Å². The number of aromatic amines is 1. The molecule has 8 nitrogen and oxygen atoms in total. The number of carbonyl (C=O) groups is 1. The van der Waals surface area contributed by atoms with E-state index in [0.29, 0.717) is 48.9 Å². The molecule has 0 bridgehead atoms. The summed E-state index contributed by atoms with van der Waals surface area (Å²) >= 11 is 0. The van der Waals surface area contributed by atoms with E-state index in [-0.39, 0.29) is 11.5 Å². The second-order valence-electron chi connectivity index (χ2n) is 7.95. The van der Waals surface area contributed by atoms with Gasteiger partial charge in [-0.3, -0.25) is 14.5 Å². The molecule has 2 aromatic rings. The first-order valence-corrected chi connectivity index (χ1v) is 10.4. The van der Waals surface area contributed by atoms with Gasteiger partial charge in [-0.25, -0.2) is 4.98 Å². The van der Waals surface area contributed by atoms with Gasteiger partial charge in [0.2, 0.25) is 0 Å². The zero-order valence-corrected chi connectivity index (χ0v) is 16.9. The first-order chi connectivity index (χ1) is 14.1. The Hall–Kier alpha value is -2.29. The molecule has 2 N–H and O–H groups in total. The number of hydrogen-bond donors (Lipinski definition) is 2. The minimum atomic E-state index is -0.447. The highest BCUT2D eigenvalue weighted by atomic mass is 16.5. The summed E-state index contributed by atoms with van der Waals surface area (Å²) in [4.78, 5) is 36.7. The first kappa shape index (κ1) is 20.0. The van der Waals surface area contributed by atoms with Gasteiger partial charge in [0.1, 0.15) is 11.9 Å². The number of carbonyl (C=O) groups excluding carboxylic acids is 1. The molecule has 0 radical (unpaired) electrons. The van der Waals surface area contributed by atoms with Crippen molar-refractivity contribution in [3.05, 3.63) is 40.4 Å². The molecule has 0 aliphatic carbocycles. The summed E-state index contributed by atoms with van der Waals surface area (Å²) in [5.41, 5.74) is 0.563. The van der Waals surface area contributed by atoms with Crippen molar-refractivity contribution < 1.29 is 9.53 Å². The Morgan fingerprint density at radius 2 is 2.07 bits per heavy atom. The van der Waals surface area contributed by atoms with Gasteiger partial charge in [0, 0.05) is 26.2 Å². The minimum Gasteiger partial charge on any atom is -0.366 e. The number of ether oxygens (including phenoxy) is 1. The number of morpholine rings is 1. The number of H-pyrrole nitrogens is 1. The molecule has 0 spiro atoms. The number of benzene rings is 1. The molecule has 1 amide bonds. The fourth-order valence-corrected chi connectivity index (χ4v) is 4.27. The average Bonchev–Trinajstić information content (AvgIpc) is 2.74. The van der Waals surface area contributed by atoms with Crippen LogP contribution in [-0.2, 0) is 16.1 Å². The van der Waals surface area contributed by atoms with Gasteiger partial charge in [0.05, 0.1) is 24.1 Å². The van der Waals surface area contributed by atoms with E-state index < -0.39 is 6.10 Å². The van der Waals surface area contributed by atoms with Crippen LogP contribution in [0.5, 0.6) is 0 Å². The van der Waals surface area contributed by atoms with E-state index in [9.17, 15) is 9.59 Å². The highest BCUT2D eigenvalue weighted by molar-refractivity contribution is 5.81. The molecule has 29 heavy (non-hydrogen) atoms. The standard InChI is InChI=1S/C21H29N5O3/c1-22-12-15-6-8-26(9-7-15)21(28)18-13-25(10-11-29-18)14-19-23-17-5-3-2-4-16(17)20(27)24-19/h2-5,15,18,22H,6-14H2,1H3,(H,23,24,27). The molecule has 4 rings (SSSR count). The summed E-state index contributed by atoms with van der Waals surface area (Å²) in [5, 5.41) is 3.81. The largest absolute Gasteiger partial charge is 0.366 e. The number of piperidine rings is 1. The summed E-state index contributed by atoms with van der Waals surface area (Å²) in [6, 6.07) is 7.33. The lowest BCUT2D eigenvalue weighted by molar-refractivity contribution is -0.151. The summed E-state index contributed by atoms with van der Waals surface area (Å²) in [7, 11) is 1.97. The maximum Gasteiger partial charge on any atom is 0.258 e. The van der Waals surface area contributed by atoms with Crippen molar-refractivity contribution in [2.24, 2.45) is 5.92 Å². The van der Waals surface area contributed by atoms with Crippen LogP contribution in [0.1, 0.15) is 18.7 Å². The highest BCUT2D eigenvalue weighted by Crippen LogP contribution is 2.19. The first-order valence-electron chi connectivity index (χ1n) is 10.4. The van der Waals surface area contributed by atoms with E-state index >= 15 is 0 Å². The number of nitrogens with zero attached hydrogens (tertiary/aromatic N) is 3. The van der Waals surface area contributed by atoms with E-state index in [1.165, 1.54) is 0 Å². The van der Waals surface area contributed by atoms with E-state index in [2.05, 4.69) is 20.2 Å². The zero-order valence-electron chi connectivity index (χ0n) is 16.9. The Kier molecular flexibility index (Phi) is 6.22. The SMILES string of the molecule is CNCC1CCN(C(=O)C2CN(Cc3nc4ccccc4c(=O)[nH]3)CCO2)CC1. The van der Waals surface area contributed by atoms with E-state index in [0.717, 1.165) is 32.5 Å². The molecule has 2 fully saturated rings. The van der Waals surface area contributed by atoms with Crippen LogP contribution in [0.25, 0.3) is 10.9 Å². The van der Waals surface area contributed by atoms with Crippen molar-refractivity contribution in [1.82, 2.24) is 25.1 Å². The predicted molar refractivity (Wildman–Crippen MR) is 111 cm³/mol. The van der Waals surface area contributed by atoms with Gasteiger partial charge in [0.25, 0.3) is 11.5 Å². The summed E-state index contributed by atoms with van der Waals surface area (Å²) in [6.07, 6.45) is 1.62. The van der Waals surface area contributed by atoms with Gasteiger partial charge in [-0.05, 0) is 44.5 Å². The van der Waals surface area contributed by atoms with Crippen LogP contribution >= 0.6 is 0 Å². The number of amides is 1. The molecule has 0 saturated carbocycles. The highest BCUT2D eigenvalue weighted by Gasteiger charge is 2.32. The lowest BCUT2D eigenvalue weighted by Gasteiger charge is -2.37. The van der Waals surface area contributed by atoms with Gasteiger partial charge < -0.3 is 19.9 Å². The molecular weight excluding hydrogens is 370 g/mol. The van der Waals surface area contributed by atoms with Crippen molar-refractivity contribution in [1.29, 1.82) is 0 Å². The number of hydrogen-bond acceptors (Lipinski definition) is 6. The fourth-order valence-electron chi connectivity index (χ4n) is 4.27. The molecule has 1 unspecified atom stereocenters. The molecule has 3 heterocycles. The summed E-state index contributed by atoms with van der Waals surface area (Å²) in [6.45, 7) is 4.83. The van der Waals surface area contributed by atoms with Gasteiger partial charge in [-0.2, -0.15) is 0 Å². The van der Waals surface area contributed by atoms with Gasteiger partial charge in [-0.1, -0.05) is 12.1 Å². The topological polar surface area (TPSA) is 90.6 Å². The van der Waals surface area contributed by atoms with Gasteiger partial charge in [-0.15, -0.1) is 0 Å². The van der Waals surface area contributed by atoms with E-state index in [1.54, 1.807) is 6.07 Å². The average molecular weight is 399 g/mol. The Balaban J connectivity index is 1.37. The lowest BCUT2D eigenvalue weighted by atomic mass is 9.96. The number of fused-ring (bicyclic) bond motifs is 1. The summed E-state index contributed by atoms with van der Waals surface area (Å²) < 4.78 is 5.79. The van der Waals surface area contributed by atoms with Crippen LogP contribution in [0.15, 0.2) is 29.1 Å². The van der Waals surface area contributed by atoms with Crippen molar-refractivity contribution in [3.8, 4) is 0 Å². The Bertz CT molecular complexity index is 907. The zero-order chi connectivity index (χ0) is 20.2. The van der Waals surface area contributed by atoms with Crippen LogP contribution in [0, 0.1) is 5.92 Å². The number of para-hydroxylation sites is 1. The van der Waals surface area contributed by atoms with Crippen LogP contribution in [0.4, 0.5) is 0 Å². The van der Waals surface area contributed by atoms with Crippen molar-refractivity contribution in [2.45, 2.75) is 25.5 Å². The van der Waals surface area contributed by atoms with Crippen LogP contribution < -0.4 is 10.9 Å². The molecule has 2 saturated heterocycles. The van der Waals surface area contributed by atoms with Crippen molar-refractivity contribution in [2.75, 3.05) is 46.4 Å². The quantitative estimate of drug-likeness (QED) is 0.765. The van der Waals surface area contributed by atoms with Crippen LogP contribution in [0.3, 0.4) is 0 Å². The number of aromatic nitrogens is 2. The van der Waals surface area contributed by atoms with E-state index in [1.807, 2.05) is 30.1 Å². The van der Waals surface area contributed by atoms with Gasteiger partial charge >= 0.3 is 0 Å². The Morgan fingerprint density at radius 3 is 2.86 bits per heavy atom. The number of likely N-dealkylation sites (tertiary alicyclic amines) is 1. The molecular formula is C21H29N5O3. The fraction of sp³-hybridized carbons (Fsp3) is 0.571. The van der Waals surface area contributed by atoms with Crippen molar-refractivity contribution in [3.63, 3.8) is 0 Å². The Morgan fingerprint density at radius 1 is 1.28 bits per heavy atom. The normalized spacial score (nSPS) is 21.6. The minimum absolute atomic E-state index is 0.0811. The maximum atomic E-state index is 12.9. The van der Waals surface area contributed by atoms with Crippen LogP contribution in [0.2, 0.25) is 0 Å². The Labute approximate surface area is 170 Å². The molecule has 1 atom stereocenters. The van der Waals surface area contributed by atoms with Gasteiger partial charge in [0.15, 0.2) is 0 Å². The molecule has 1 aromatic heterocycles. The maximum absolute atomic E-state index is 12.9. The second-order valence-corrected chi connectivity index (χ2v) is 7.95. The summed E-state index contributed by atoms with van der Waals surface area (Å²) in [5.74, 6) is 1.34. The third-order valence-corrected chi connectivity index (χ3v) is 5.88. The van der Waals surface area contributed by atoms with E-state index in [4.69, 9.17) is 4.74 Å². The number of rotatable bonds is 5. The lowest BCUT2D eigenvalue weighted by Crippen LogP contribution is -2.52. The third kappa shape index (κ3) is 4.66. The third-order valence-electron chi connectivity index (χ3n) is 5.88. The molecule has 8 heteroatoms. The molecule has 2 aliphatic heterocycles. The van der Waals surface area contributed by atoms with Crippen LogP contribution in [-0.4, -0.2) is 78.2 Å². The number of nitrogens with one attached hydrogen (secondary N) is 2. The predicted octanol–water partition coefficient (Wildman–Crippen LogP) is 0.582. The second kappa shape index (κ2) is 9.02. The molecule has 1 aromatic carbocycles. The monoisotopic (exact) mass is 399 g/mol. The molecule has 156 valence electrons. The smallest absolute Gasteiger partial charge is 0.258 e.